The van der Waals surface area contributed by atoms with Gasteiger partial charge in [-0.15, -0.1) is 0 Å². The van der Waals surface area contributed by atoms with Crippen molar-refractivity contribution in [3.05, 3.63) is 0 Å². The molecule has 4 nitrogen and oxygen atoms in total. The molecule has 0 aliphatic carbocycles. The SMILES string of the molecule is COC(=O)C1N=COC1(C)C(F)F. The minimum absolute atomic E-state index is 0.823. The summed E-state index contributed by atoms with van der Waals surface area (Å²) in [5, 5.41) is 0. The molecule has 0 N–H and O–H groups in total. The summed E-state index contributed by atoms with van der Waals surface area (Å²) < 4.78 is 33.8. The van der Waals surface area contributed by atoms with Crippen LogP contribution in [-0.4, -0.2) is 37.5 Å². The molecule has 0 radical (unpaired) electrons. The number of halogens is 2. The molecule has 0 saturated carbocycles. The zero-order valence-corrected chi connectivity index (χ0v) is 7.16. The quantitative estimate of drug-likeness (QED) is 0.603. The molecule has 0 aromatic rings. The number of ether oxygens (including phenoxy) is 2. The Kier molecular flexibility index (Phi) is 2.49. The Bertz CT molecular complexity index is 244. The number of hydrogen-bond acceptors (Lipinski definition) is 4. The van der Waals surface area contributed by atoms with Crippen LogP contribution in [0, 0.1) is 0 Å². The summed E-state index contributed by atoms with van der Waals surface area (Å²) >= 11 is 0. The average molecular weight is 193 g/mol. The Morgan fingerprint density at radius 2 is 2.38 bits per heavy atom. The third kappa shape index (κ3) is 1.48. The van der Waals surface area contributed by atoms with Gasteiger partial charge in [-0.25, -0.2) is 18.6 Å². The number of methoxy groups -OCH3 is 1. The summed E-state index contributed by atoms with van der Waals surface area (Å²) in [6, 6.07) is -1.28. The second-order valence-electron chi connectivity index (χ2n) is 2.78. The Labute approximate surface area is 73.5 Å². The highest BCUT2D eigenvalue weighted by atomic mass is 19.3. The molecule has 1 heterocycles. The molecule has 0 bridgehead atoms. The number of carbonyl (C=O) groups excluding carboxylic acids is 1. The van der Waals surface area contributed by atoms with Crippen LogP contribution in [0.25, 0.3) is 0 Å². The van der Waals surface area contributed by atoms with Crippen molar-refractivity contribution in [2.45, 2.75) is 25.0 Å². The molecule has 1 aliphatic rings. The number of rotatable bonds is 2. The summed E-state index contributed by atoms with van der Waals surface area (Å²) in [6.45, 7) is 1.12. The van der Waals surface area contributed by atoms with E-state index in [1.165, 1.54) is 0 Å². The van der Waals surface area contributed by atoms with Gasteiger partial charge in [-0.05, 0) is 6.92 Å². The van der Waals surface area contributed by atoms with E-state index >= 15 is 0 Å². The number of aliphatic imine (C=N–C) groups is 1. The van der Waals surface area contributed by atoms with Crippen molar-refractivity contribution in [3.63, 3.8) is 0 Å². The maximum absolute atomic E-state index is 12.5. The molecule has 6 heteroatoms. The van der Waals surface area contributed by atoms with Crippen LogP contribution in [0.2, 0.25) is 0 Å². The van der Waals surface area contributed by atoms with Gasteiger partial charge in [-0.3, -0.25) is 0 Å². The molecular weight excluding hydrogens is 184 g/mol. The van der Waals surface area contributed by atoms with Crippen LogP contribution in [0.15, 0.2) is 4.99 Å². The van der Waals surface area contributed by atoms with E-state index in [0.717, 1.165) is 20.4 Å². The van der Waals surface area contributed by atoms with E-state index in [0.29, 0.717) is 0 Å². The van der Waals surface area contributed by atoms with Crippen LogP contribution in [0.1, 0.15) is 6.92 Å². The van der Waals surface area contributed by atoms with E-state index in [1.54, 1.807) is 0 Å². The molecular formula is C7H9F2NO3. The zero-order valence-electron chi connectivity index (χ0n) is 7.16. The maximum atomic E-state index is 12.5. The van der Waals surface area contributed by atoms with Gasteiger partial charge < -0.3 is 9.47 Å². The van der Waals surface area contributed by atoms with Crippen molar-refractivity contribution in [1.29, 1.82) is 0 Å². The van der Waals surface area contributed by atoms with Gasteiger partial charge in [0, 0.05) is 0 Å². The van der Waals surface area contributed by atoms with Crippen molar-refractivity contribution < 1.29 is 23.0 Å². The molecule has 0 aromatic carbocycles. The highest BCUT2D eigenvalue weighted by Crippen LogP contribution is 2.30. The Balaban J connectivity index is 2.84. The van der Waals surface area contributed by atoms with E-state index in [1.807, 2.05) is 0 Å². The van der Waals surface area contributed by atoms with E-state index in [4.69, 9.17) is 0 Å². The van der Waals surface area contributed by atoms with Gasteiger partial charge in [0.15, 0.2) is 12.4 Å². The lowest BCUT2D eigenvalue weighted by molar-refractivity contribution is -0.152. The maximum Gasteiger partial charge on any atom is 0.335 e. The zero-order chi connectivity index (χ0) is 10.1. The van der Waals surface area contributed by atoms with Crippen molar-refractivity contribution in [1.82, 2.24) is 0 Å². The molecule has 2 atom stereocenters. The van der Waals surface area contributed by atoms with Gasteiger partial charge in [-0.1, -0.05) is 0 Å². The smallest absolute Gasteiger partial charge is 0.335 e. The fourth-order valence-corrected chi connectivity index (χ4v) is 0.995. The molecule has 0 amide bonds. The van der Waals surface area contributed by atoms with Crippen molar-refractivity contribution in [2.24, 2.45) is 4.99 Å². The summed E-state index contributed by atoms with van der Waals surface area (Å²) in [4.78, 5) is 14.5. The van der Waals surface area contributed by atoms with Gasteiger partial charge in [0.2, 0.25) is 5.60 Å². The minimum Gasteiger partial charge on any atom is -0.469 e. The Morgan fingerprint density at radius 3 is 2.85 bits per heavy atom. The lowest BCUT2D eigenvalue weighted by atomic mass is 9.98. The second kappa shape index (κ2) is 3.27. The predicted octanol–water partition coefficient (Wildman–Crippen LogP) is 0.610. The molecule has 0 aromatic heterocycles. The number of hydrogen-bond donors (Lipinski definition) is 0. The van der Waals surface area contributed by atoms with Crippen LogP contribution in [0.4, 0.5) is 8.78 Å². The molecule has 74 valence electrons. The van der Waals surface area contributed by atoms with E-state index in [2.05, 4.69) is 14.5 Å². The van der Waals surface area contributed by atoms with Gasteiger partial charge in [-0.2, -0.15) is 0 Å². The third-order valence-corrected chi connectivity index (χ3v) is 1.92. The third-order valence-electron chi connectivity index (χ3n) is 1.92. The molecule has 1 aliphatic heterocycles. The highest BCUT2D eigenvalue weighted by molar-refractivity contribution is 5.80. The average Bonchev–Trinajstić information content (AvgIpc) is 2.47. The number of nitrogens with zero attached hydrogens (tertiary/aromatic N) is 1. The van der Waals surface area contributed by atoms with Crippen molar-refractivity contribution in [2.75, 3.05) is 7.11 Å². The van der Waals surface area contributed by atoms with Gasteiger partial charge in [0.1, 0.15) is 0 Å². The topological polar surface area (TPSA) is 47.9 Å². The Morgan fingerprint density at radius 1 is 1.77 bits per heavy atom. The standard InChI is InChI=1S/C7H9F2NO3/c1-7(6(8)9)4(5(11)12-2)10-3-13-7/h3-4,6H,1-2H3. The molecule has 13 heavy (non-hydrogen) atoms. The molecule has 0 spiro atoms. The largest absolute Gasteiger partial charge is 0.469 e. The molecule has 1 rings (SSSR count). The summed E-state index contributed by atoms with van der Waals surface area (Å²) in [5.74, 6) is -0.823. The van der Waals surface area contributed by atoms with E-state index in [9.17, 15) is 13.6 Å². The van der Waals surface area contributed by atoms with E-state index < -0.39 is 24.0 Å². The van der Waals surface area contributed by atoms with Crippen molar-refractivity contribution >= 4 is 12.4 Å². The second-order valence-corrected chi connectivity index (χ2v) is 2.78. The first-order valence-corrected chi connectivity index (χ1v) is 3.58. The molecule has 0 saturated heterocycles. The fourth-order valence-electron chi connectivity index (χ4n) is 0.995. The Hall–Kier alpha value is -1.20. The monoisotopic (exact) mass is 193 g/mol. The normalized spacial score (nSPS) is 31.9. The number of alkyl halides is 2. The summed E-state index contributed by atoms with van der Waals surface area (Å²) in [7, 11) is 1.11. The van der Waals surface area contributed by atoms with Crippen LogP contribution in [0.5, 0.6) is 0 Å². The van der Waals surface area contributed by atoms with Crippen LogP contribution in [0.3, 0.4) is 0 Å². The fraction of sp³-hybridized carbons (Fsp3) is 0.714. The van der Waals surface area contributed by atoms with E-state index in [-0.39, 0.29) is 0 Å². The predicted molar refractivity (Wildman–Crippen MR) is 39.8 cm³/mol. The lowest BCUT2D eigenvalue weighted by Crippen LogP contribution is -2.48. The number of esters is 1. The van der Waals surface area contributed by atoms with Gasteiger partial charge in [0.05, 0.1) is 7.11 Å². The van der Waals surface area contributed by atoms with Crippen LogP contribution >= 0.6 is 0 Å². The number of carbonyl (C=O) groups is 1. The van der Waals surface area contributed by atoms with Gasteiger partial charge >= 0.3 is 5.97 Å². The molecule has 0 fully saturated rings. The van der Waals surface area contributed by atoms with Gasteiger partial charge in [0.25, 0.3) is 6.43 Å². The lowest BCUT2D eigenvalue weighted by Gasteiger charge is -2.25. The first-order chi connectivity index (χ1) is 6.02. The first-order valence-electron chi connectivity index (χ1n) is 3.58. The highest BCUT2D eigenvalue weighted by Gasteiger charge is 2.52. The summed E-state index contributed by atoms with van der Waals surface area (Å²) in [5.41, 5.74) is -1.90. The van der Waals surface area contributed by atoms with Crippen molar-refractivity contribution in [3.8, 4) is 0 Å². The summed E-state index contributed by atoms with van der Waals surface area (Å²) in [6.07, 6.45) is -1.94. The van der Waals surface area contributed by atoms with Crippen LogP contribution in [-0.2, 0) is 14.3 Å². The van der Waals surface area contributed by atoms with Crippen LogP contribution < -0.4 is 0 Å². The minimum atomic E-state index is -2.79. The first kappa shape index (κ1) is 9.88. The molecule has 2 unspecified atom stereocenters.